The van der Waals surface area contributed by atoms with Crippen LogP contribution in [0.5, 0.6) is 0 Å². The third-order valence-corrected chi connectivity index (χ3v) is 6.00. The van der Waals surface area contributed by atoms with Crippen molar-refractivity contribution in [2.75, 3.05) is 18.4 Å². The first kappa shape index (κ1) is 22.8. The molecule has 11 heteroatoms. The van der Waals surface area contributed by atoms with Gasteiger partial charge in [-0.3, -0.25) is 9.59 Å². The molecule has 0 radical (unpaired) electrons. The molecule has 1 aliphatic rings. The van der Waals surface area contributed by atoms with E-state index in [1.165, 1.54) is 12.1 Å². The fraction of sp³-hybridized carbons (Fsp3) is 0.300. The smallest absolute Gasteiger partial charge is 0.351 e. The molecule has 3 rings (SSSR count). The van der Waals surface area contributed by atoms with Gasteiger partial charge in [0.2, 0.25) is 15.9 Å². The van der Waals surface area contributed by atoms with E-state index in [2.05, 4.69) is 15.4 Å². The number of alkyl halides is 3. The van der Waals surface area contributed by atoms with E-state index in [9.17, 15) is 31.2 Å². The van der Waals surface area contributed by atoms with Gasteiger partial charge in [0, 0.05) is 30.3 Å². The summed E-state index contributed by atoms with van der Waals surface area (Å²) in [5, 5.41) is 5.26. The number of benzene rings is 2. The van der Waals surface area contributed by atoms with Crippen molar-refractivity contribution in [1.82, 2.24) is 10.0 Å². The van der Waals surface area contributed by atoms with Gasteiger partial charge in [-0.1, -0.05) is 6.07 Å². The van der Waals surface area contributed by atoms with Crippen LogP contribution in [-0.2, 0) is 21.0 Å². The molecule has 2 amide bonds. The topological polar surface area (TPSA) is 104 Å². The van der Waals surface area contributed by atoms with Crippen molar-refractivity contribution >= 4 is 27.5 Å². The molecule has 0 unspecified atom stereocenters. The maximum Gasteiger partial charge on any atom is 0.416 e. The summed E-state index contributed by atoms with van der Waals surface area (Å²) in [6, 6.07) is 9.61. The lowest BCUT2D eigenvalue weighted by Gasteiger charge is -2.11. The molecule has 0 atom stereocenters. The molecule has 2 aromatic rings. The maximum absolute atomic E-state index is 12.8. The molecule has 166 valence electrons. The van der Waals surface area contributed by atoms with Crippen LogP contribution in [0.2, 0.25) is 0 Å². The number of anilines is 1. The van der Waals surface area contributed by atoms with Gasteiger partial charge >= 0.3 is 6.18 Å². The zero-order valence-corrected chi connectivity index (χ0v) is 17.0. The molecule has 0 heterocycles. The highest BCUT2D eigenvalue weighted by Gasteiger charge is 2.31. The molecule has 2 aromatic carbocycles. The molecule has 0 aromatic heterocycles. The Morgan fingerprint density at radius 1 is 1.00 bits per heavy atom. The minimum atomic E-state index is -4.66. The van der Waals surface area contributed by atoms with Gasteiger partial charge in [-0.2, -0.15) is 13.2 Å². The Morgan fingerprint density at radius 3 is 2.29 bits per heavy atom. The van der Waals surface area contributed by atoms with Crippen LogP contribution in [0.4, 0.5) is 18.9 Å². The predicted molar refractivity (Wildman–Crippen MR) is 107 cm³/mol. The van der Waals surface area contributed by atoms with Gasteiger partial charge in [-0.25, -0.2) is 13.1 Å². The highest BCUT2D eigenvalue weighted by molar-refractivity contribution is 7.89. The van der Waals surface area contributed by atoms with Gasteiger partial charge in [0.15, 0.2) is 0 Å². The van der Waals surface area contributed by atoms with Crippen LogP contribution in [0.1, 0.15) is 28.8 Å². The highest BCUT2D eigenvalue weighted by atomic mass is 32.2. The van der Waals surface area contributed by atoms with Gasteiger partial charge in [-0.15, -0.1) is 0 Å². The van der Waals surface area contributed by atoms with E-state index in [1.54, 1.807) is 12.1 Å². The van der Waals surface area contributed by atoms with E-state index < -0.39 is 32.6 Å². The number of amides is 2. The Bertz CT molecular complexity index is 1070. The first-order valence-corrected chi connectivity index (χ1v) is 10.9. The molecule has 0 bridgehead atoms. The lowest BCUT2D eigenvalue weighted by atomic mass is 10.2. The van der Waals surface area contributed by atoms with E-state index in [1.807, 2.05) is 0 Å². The summed E-state index contributed by atoms with van der Waals surface area (Å²) in [7, 11) is -4.17. The van der Waals surface area contributed by atoms with Crippen LogP contribution in [0.25, 0.3) is 0 Å². The van der Waals surface area contributed by atoms with Gasteiger partial charge in [0.1, 0.15) is 0 Å². The number of sulfonamides is 1. The van der Waals surface area contributed by atoms with Crippen molar-refractivity contribution in [2.24, 2.45) is 5.92 Å². The first-order valence-electron chi connectivity index (χ1n) is 9.42. The summed E-state index contributed by atoms with van der Waals surface area (Å²) in [6.45, 7) is -0.281. The van der Waals surface area contributed by atoms with Gasteiger partial charge in [-0.05, 0) is 55.3 Å². The van der Waals surface area contributed by atoms with Crippen LogP contribution >= 0.6 is 0 Å². The SMILES string of the molecule is O=C(NCCNS(=O)(=O)c1cccc(C(F)(F)F)c1)c1ccc(NC(=O)C2CC2)cc1. The molecular formula is C20H20F3N3O4S. The molecule has 3 N–H and O–H groups in total. The average Bonchev–Trinajstić information content (AvgIpc) is 3.56. The first-order chi connectivity index (χ1) is 14.6. The van der Waals surface area contributed by atoms with Crippen molar-refractivity contribution < 1.29 is 31.2 Å². The number of hydrogen-bond donors (Lipinski definition) is 3. The zero-order valence-electron chi connectivity index (χ0n) is 16.2. The second-order valence-corrected chi connectivity index (χ2v) is 8.79. The minimum Gasteiger partial charge on any atom is -0.351 e. The van der Waals surface area contributed by atoms with Crippen LogP contribution in [0.15, 0.2) is 53.4 Å². The summed E-state index contributed by atoms with van der Waals surface area (Å²) in [4.78, 5) is 23.3. The second kappa shape index (κ2) is 9.06. The van der Waals surface area contributed by atoms with Crippen LogP contribution in [0.3, 0.4) is 0 Å². The molecular weight excluding hydrogens is 435 g/mol. The fourth-order valence-electron chi connectivity index (χ4n) is 2.68. The normalized spacial score (nSPS) is 14.2. The Hall–Kier alpha value is -2.92. The number of rotatable bonds is 8. The van der Waals surface area contributed by atoms with E-state index in [-0.39, 0.29) is 24.9 Å². The third kappa shape index (κ3) is 6.28. The Kier molecular flexibility index (Phi) is 6.65. The number of hydrogen-bond acceptors (Lipinski definition) is 4. The molecule has 1 fully saturated rings. The Balaban J connectivity index is 1.48. The average molecular weight is 455 g/mol. The quantitative estimate of drug-likeness (QED) is 0.533. The van der Waals surface area contributed by atoms with Crippen molar-refractivity contribution in [3.63, 3.8) is 0 Å². The highest BCUT2D eigenvalue weighted by Crippen LogP contribution is 2.31. The molecule has 0 spiro atoms. The van der Waals surface area contributed by atoms with E-state index in [0.717, 1.165) is 31.0 Å². The van der Waals surface area contributed by atoms with Crippen molar-refractivity contribution in [3.8, 4) is 0 Å². The van der Waals surface area contributed by atoms with Crippen LogP contribution in [-0.4, -0.2) is 33.3 Å². The second-order valence-electron chi connectivity index (χ2n) is 7.02. The fourth-order valence-corrected chi connectivity index (χ4v) is 3.76. The van der Waals surface area contributed by atoms with Crippen LogP contribution in [0, 0.1) is 5.92 Å². The lowest BCUT2D eigenvalue weighted by Crippen LogP contribution is -2.34. The van der Waals surface area contributed by atoms with Gasteiger partial charge in [0.05, 0.1) is 10.5 Å². The number of nitrogens with one attached hydrogen (secondary N) is 3. The molecule has 1 aliphatic carbocycles. The van der Waals surface area contributed by atoms with E-state index in [0.29, 0.717) is 17.3 Å². The lowest BCUT2D eigenvalue weighted by molar-refractivity contribution is -0.137. The predicted octanol–water partition coefficient (Wildman–Crippen LogP) is 2.76. The summed E-state index contributed by atoms with van der Waals surface area (Å²) >= 11 is 0. The third-order valence-electron chi connectivity index (χ3n) is 4.54. The van der Waals surface area contributed by atoms with E-state index in [4.69, 9.17) is 0 Å². The molecule has 0 saturated heterocycles. The standard InChI is InChI=1S/C20H20F3N3O4S/c21-20(22,23)15-2-1-3-17(12-15)31(29,30)25-11-10-24-18(27)13-6-8-16(9-7-13)26-19(28)14-4-5-14/h1-3,6-9,12,14,25H,4-5,10-11H2,(H,24,27)(H,26,28). The molecule has 0 aliphatic heterocycles. The van der Waals surface area contributed by atoms with Crippen LogP contribution < -0.4 is 15.4 Å². The largest absolute Gasteiger partial charge is 0.416 e. The number of carbonyl (C=O) groups excluding carboxylic acids is 2. The minimum absolute atomic E-state index is 0.0507. The summed E-state index contributed by atoms with van der Waals surface area (Å²) in [5.41, 5.74) is -0.187. The number of halogens is 3. The van der Waals surface area contributed by atoms with Crippen molar-refractivity contribution in [2.45, 2.75) is 23.9 Å². The molecule has 1 saturated carbocycles. The summed E-state index contributed by atoms with van der Waals surface area (Å²) in [5.74, 6) is -0.453. The monoisotopic (exact) mass is 455 g/mol. The van der Waals surface area contributed by atoms with Gasteiger partial charge < -0.3 is 10.6 Å². The number of carbonyl (C=O) groups is 2. The molecule has 31 heavy (non-hydrogen) atoms. The summed E-state index contributed by atoms with van der Waals surface area (Å²) in [6.07, 6.45) is -2.90. The molecule has 7 nitrogen and oxygen atoms in total. The maximum atomic E-state index is 12.8. The Labute approximate surface area is 177 Å². The summed E-state index contributed by atoms with van der Waals surface area (Å²) < 4.78 is 64.8. The van der Waals surface area contributed by atoms with Crippen molar-refractivity contribution in [3.05, 3.63) is 59.7 Å². The van der Waals surface area contributed by atoms with E-state index >= 15 is 0 Å². The van der Waals surface area contributed by atoms with Gasteiger partial charge in [0.25, 0.3) is 5.91 Å². The zero-order chi connectivity index (χ0) is 22.6. The Morgan fingerprint density at radius 2 is 1.68 bits per heavy atom. The van der Waals surface area contributed by atoms with Crippen molar-refractivity contribution in [1.29, 1.82) is 0 Å².